The standard InChI is InChI=1S/C35H47N3O5/c1-5-37(28-15-10-7-11-16-28)35(42)25(4)19-32(39)31(20-26-13-8-6-9-14-26)36-34(41)27-21-29(38-18-12-17-33(38)40)23-30(22-27)43-24(2)3/h6,8-9,13-15,21-25,31-32,39H,5,7,10-12,16-20H2,1-4H3,(H,36,41)/t25-,31+,32+/m1/s1. The highest BCUT2D eigenvalue weighted by atomic mass is 16.5. The lowest BCUT2D eigenvalue weighted by Gasteiger charge is -2.31. The molecule has 1 heterocycles. The van der Waals surface area contributed by atoms with Gasteiger partial charge in [-0.1, -0.05) is 43.3 Å². The Hall–Kier alpha value is -3.65. The summed E-state index contributed by atoms with van der Waals surface area (Å²) in [7, 11) is 0. The molecule has 232 valence electrons. The number of aliphatic hydroxyl groups excluding tert-OH is 1. The number of hydrogen-bond acceptors (Lipinski definition) is 5. The molecule has 8 nitrogen and oxygen atoms in total. The van der Waals surface area contributed by atoms with Gasteiger partial charge >= 0.3 is 0 Å². The Kier molecular flexibility index (Phi) is 11.4. The van der Waals surface area contributed by atoms with E-state index < -0.39 is 18.1 Å². The largest absolute Gasteiger partial charge is 0.491 e. The fourth-order valence-corrected chi connectivity index (χ4v) is 5.99. The summed E-state index contributed by atoms with van der Waals surface area (Å²) in [6, 6.07) is 14.2. The molecule has 0 unspecified atom stereocenters. The molecule has 1 saturated heterocycles. The van der Waals surface area contributed by atoms with Crippen LogP contribution in [-0.2, 0) is 16.0 Å². The maximum atomic E-state index is 13.8. The van der Waals surface area contributed by atoms with E-state index in [0.29, 0.717) is 42.9 Å². The molecule has 0 spiro atoms. The lowest BCUT2D eigenvalue weighted by Crippen LogP contribution is -2.46. The van der Waals surface area contributed by atoms with E-state index in [1.165, 1.54) is 0 Å². The van der Waals surface area contributed by atoms with Gasteiger partial charge in [-0.15, -0.1) is 0 Å². The van der Waals surface area contributed by atoms with Crippen molar-refractivity contribution in [2.24, 2.45) is 5.92 Å². The number of allylic oxidation sites excluding steroid dienone is 2. The summed E-state index contributed by atoms with van der Waals surface area (Å²) in [5.41, 5.74) is 3.02. The highest BCUT2D eigenvalue weighted by Gasteiger charge is 2.30. The first-order valence-corrected chi connectivity index (χ1v) is 15.8. The Bertz CT molecular complexity index is 1290. The minimum Gasteiger partial charge on any atom is -0.491 e. The van der Waals surface area contributed by atoms with E-state index in [2.05, 4.69) is 11.4 Å². The minimum atomic E-state index is -0.961. The number of nitrogens with zero attached hydrogens (tertiary/aromatic N) is 2. The molecule has 8 heteroatoms. The normalized spacial score (nSPS) is 17.3. The molecule has 3 atom stereocenters. The minimum absolute atomic E-state index is 0.00190. The van der Waals surface area contributed by atoms with Gasteiger partial charge in [-0.05, 0) is 83.4 Å². The highest BCUT2D eigenvalue weighted by molar-refractivity contribution is 5.99. The van der Waals surface area contributed by atoms with Crippen LogP contribution in [0, 0.1) is 5.92 Å². The summed E-state index contributed by atoms with van der Waals surface area (Å²) in [4.78, 5) is 43.3. The smallest absolute Gasteiger partial charge is 0.251 e. The summed E-state index contributed by atoms with van der Waals surface area (Å²) in [6.45, 7) is 8.84. The third-order valence-corrected chi connectivity index (χ3v) is 8.20. The topological polar surface area (TPSA) is 99.2 Å². The Balaban J connectivity index is 1.55. The number of carbonyl (C=O) groups excluding carboxylic acids is 3. The number of aliphatic hydroxyl groups is 1. The molecule has 1 aliphatic heterocycles. The molecule has 0 saturated carbocycles. The third kappa shape index (κ3) is 8.69. The molecule has 0 bridgehead atoms. The van der Waals surface area contributed by atoms with Crippen molar-refractivity contribution in [3.8, 4) is 5.75 Å². The van der Waals surface area contributed by atoms with Crippen LogP contribution in [0.1, 0.15) is 88.6 Å². The Labute approximate surface area is 256 Å². The van der Waals surface area contributed by atoms with Gasteiger partial charge < -0.3 is 25.0 Å². The van der Waals surface area contributed by atoms with Crippen LogP contribution >= 0.6 is 0 Å². The van der Waals surface area contributed by atoms with Crippen molar-refractivity contribution in [3.05, 3.63) is 71.4 Å². The van der Waals surface area contributed by atoms with Gasteiger partial charge in [-0.2, -0.15) is 0 Å². The van der Waals surface area contributed by atoms with Crippen molar-refractivity contribution in [1.29, 1.82) is 0 Å². The van der Waals surface area contributed by atoms with Crippen LogP contribution in [0.5, 0.6) is 5.75 Å². The van der Waals surface area contributed by atoms with E-state index in [1.807, 2.05) is 62.9 Å². The first kappa shape index (κ1) is 32.3. The van der Waals surface area contributed by atoms with Gasteiger partial charge in [0.25, 0.3) is 5.91 Å². The van der Waals surface area contributed by atoms with Crippen molar-refractivity contribution in [3.63, 3.8) is 0 Å². The zero-order valence-corrected chi connectivity index (χ0v) is 26.1. The number of benzene rings is 2. The molecule has 1 fully saturated rings. The van der Waals surface area contributed by atoms with Crippen LogP contribution in [0.3, 0.4) is 0 Å². The molecule has 0 aromatic heterocycles. The van der Waals surface area contributed by atoms with Crippen LogP contribution in [0.15, 0.2) is 60.3 Å². The Morgan fingerprint density at radius 3 is 2.44 bits per heavy atom. The first-order chi connectivity index (χ1) is 20.7. The van der Waals surface area contributed by atoms with Gasteiger partial charge in [0.15, 0.2) is 0 Å². The van der Waals surface area contributed by atoms with E-state index >= 15 is 0 Å². The molecule has 1 aliphatic carbocycles. The van der Waals surface area contributed by atoms with Crippen molar-refractivity contribution in [2.45, 2.75) is 97.3 Å². The quantitative estimate of drug-likeness (QED) is 0.315. The Morgan fingerprint density at radius 1 is 1.05 bits per heavy atom. The first-order valence-electron chi connectivity index (χ1n) is 15.8. The SMILES string of the molecule is CCN(C(=O)[C@H](C)C[C@H](O)[C@H](Cc1ccccc1)NC(=O)c1cc(OC(C)C)cc(N2CCCC2=O)c1)C1=CCCCC1. The van der Waals surface area contributed by atoms with Gasteiger partial charge in [0, 0.05) is 48.4 Å². The van der Waals surface area contributed by atoms with Crippen LogP contribution in [0.2, 0.25) is 0 Å². The van der Waals surface area contributed by atoms with Gasteiger partial charge in [0.2, 0.25) is 11.8 Å². The molecule has 2 N–H and O–H groups in total. The summed E-state index contributed by atoms with van der Waals surface area (Å²) in [5, 5.41) is 14.6. The van der Waals surface area contributed by atoms with E-state index in [1.54, 1.807) is 23.1 Å². The second-order valence-electron chi connectivity index (χ2n) is 12.0. The van der Waals surface area contributed by atoms with Gasteiger partial charge in [-0.3, -0.25) is 14.4 Å². The van der Waals surface area contributed by atoms with E-state index in [9.17, 15) is 19.5 Å². The van der Waals surface area contributed by atoms with Crippen LogP contribution in [-0.4, -0.2) is 59.1 Å². The molecular weight excluding hydrogens is 542 g/mol. The predicted octanol–water partition coefficient (Wildman–Crippen LogP) is 5.64. The average molecular weight is 590 g/mol. The zero-order valence-electron chi connectivity index (χ0n) is 26.1. The molecule has 2 aliphatic rings. The van der Waals surface area contributed by atoms with Crippen molar-refractivity contribution < 1.29 is 24.2 Å². The third-order valence-electron chi connectivity index (χ3n) is 8.20. The molecule has 3 amide bonds. The van der Waals surface area contributed by atoms with Crippen LogP contribution in [0.4, 0.5) is 5.69 Å². The monoisotopic (exact) mass is 589 g/mol. The number of carbonyl (C=O) groups is 3. The molecule has 4 rings (SSSR count). The fraction of sp³-hybridized carbons (Fsp3) is 0.514. The summed E-state index contributed by atoms with van der Waals surface area (Å²) in [5.74, 6) is -0.271. The van der Waals surface area contributed by atoms with Crippen molar-refractivity contribution >= 4 is 23.4 Å². The number of ether oxygens (including phenoxy) is 1. The lowest BCUT2D eigenvalue weighted by molar-refractivity contribution is -0.134. The van der Waals surface area contributed by atoms with E-state index in [0.717, 1.165) is 43.4 Å². The maximum absolute atomic E-state index is 13.8. The van der Waals surface area contributed by atoms with Gasteiger partial charge in [0.1, 0.15) is 5.75 Å². The van der Waals surface area contributed by atoms with Gasteiger partial charge in [0.05, 0.1) is 18.2 Å². The van der Waals surface area contributed by atoms with Crippen LogP contribution < -0.4 is 15.0 Å². The lowest BCUT2D eigenvalue weighted by atomic mass is 9.92. The number of hydrogen-bond donors (Lipinski definition) is 2. The number of rotatable bonds is 13. The molecule has 43 heavy (non-hydrogen) atoms. The molecule has 2 aromatic carbocycles. The Morgan fingerprint density at radius 2 is 1.81 bits per heavy atom. The van der Waals surface area contributed by atoms with Gasteiger partial charge in [-0.25, -0.2) is 0 Å². The van der Waals surface area contributed by atoms with Crippen molar-refractivity contribution in [2.75, 3.05) is 18.0 Å². The maximum Gasteiger partial charge on any atom is 0.251 e. The second kappa shape index (κ2) is 15.2. The van der Waals surface area contributed by atoms with Crippen molar-refractivity contribution in [1.82, 2.24) is 10.2 Å². The number of anilines is 1. The van der Waals surface area contributed by atoms with E-state index in [4.69, 9.17) is 4.74 Å². The molecule has 2 aromatic rings. The summed E-state index contributed by atoms with van der Waals surface area (Å²) >= 11 is 0. The number of amides is 3. The molecule has 0 radical (unpaired) electrons. The summed E-state index contributed by atoms with van der Waals surface area (Å²) in [6.07, 6.45) is 7.05. The average Bonchev–Trinajstić information content (AvgIpc) is 3.43. The molecular formula is C35H47N3O5. The fourth-order valence-electron chi connectivity index (χ4n) is 5.99. The number of nitrogens with one attached hydrogen (secondary N) is 1. The van der Waals surface area contributed by atoms with E-state index in [-0.39, 0.29) is 30.2 Å². The summed E-state index contributed by atoms with van der Waals surface area (Å²) < 4.78 is 5.94. The predicted molar refractivity (Wildman–Crippen MR) is 169 cm³/mol. The second-order valence-corrected chi connectivity index (χ2v) is 12.0. The van der Waals surface area contributed by atoms with Crippen LogP contribution in [0.25, 0.3) is 0 Å². The zero-order chi connectivity index (χ0) is 30.9. The highest BCUT2D eigenvalue weighted by Crippen LogP contribution is 2.29.